The zero-order valence-corrected chi connectivity index (χ0v) is 18.3. The van der Waals surface area contributed by atoms with Crippen molar-refractivity contribution in [3.8, 4) is 0 Å². The van der Waals surface area contributed by atoms with E-state index in [9.17, 15) is 26.7 Å². The fourth-order valence-corrected chi connectivity index (χ4v) is 4.35. The predicted octanol–water partition coefficient (Wildman–Crippen LogP) is 3.02. The highest BCUT2D eigenvalue weighted by Crippen LogP contribution is 2.37. The number of alkyl halides is 3. The average molecular weight is 502 g/mol. The van der Waals surface area contributed by atoms with Crippen LogP contribution in [0.2, 0.25) is 0 Å². The van der Waals surface area contributed by atoms with Gasteiger partial charge in [0.05, 0.1) is 19.1 Å². The van der Waals surface area contributed by atoms with Gasteiger partial charge in [0, 0.05) is 37.7 Å². The van der Waals surface area contributed by atoms with E-state index in [1.54, 1.807) is 4.90 Å². The number of rotatable bonds is 5. The first-order valence-electron chi connectivity index (χ1n) is 10.7. The van der Waals surface area contributed by atoms with Gasteiger partial charge in [0.2, 0.25) is 5.91 Å². The molecule has 0 radical (unpaired) electrons. The van der Waals surface area contributed by atoms with Crippen molar-refractivity contribution in [3.63, 3.8) is 0 Å². The van der Waals surface area contributed by atoms with Gasteiger partial charge < -0.3 is 20.1 Å². The molecule has 2 fully saturated rings. The third-order valence-corrected chi connectivity index (χ3v) is 5.86. The summed E-state index contributed by atoms with van der Waals surface area (Å²) >= 11 is 0. The van der Waals surface area contributed by atoms with Gasteiger partial charge in [-0.2, -0.15) is 13.2 Å². The number of halogens is 5. The van der Waals surface area contributed by atoms with E-state index in [0.717, 1.165) is 30.6 Å². The Kier molecular flexibility index (Phi) is 8.54. The summed E-state index contributed by atoms with van der Waals surface area (Å²) in [5.41, 5.74) is -0.669. The average Bonchev–Trinajstić information content (AvgIpc) is 3.19. The summed E-state index contributed by atoms with van der Waals surface area (Å²) in [5.74, 6) is -1.36. The molecule has 2 saturated heterocycles. The van der Waals surface area contributed by atoms with Crippen LogP contribution in [0, 0.1) is 23.5 Å². The Morgan fingerprint density at radius 3 is 2.54 bits per heavy atom. The summed E-state index contributed by atoms with van der Waals surface area (Å²) in [6.45, 7) is 1.10. The summed E-state index contributed by atoms with van der Waals surface area (Å²) in [6.07, 6.45) is -3.20. The first-order chi connectivity index (χ1) is 16.6. The van der Waals surface area contributed by atoms with Gasteiger partial charge in [-0.25, -0.2) is 18.7 Å². The Bertz CT molecular complexity index is 1020. The number of hydrogen-bond donors (Lipinski definition) is 2. The SMILES string of the molecule is O=C(C[C@@H]1OC[C@H]2CN(c3cc(C(F)(F)F)ncn3)CC[C@H]21)NCc1cc(F)cc(F)c1.O=CO. The largest absolute Gasteiger partial charge is 0.483 e. The van der Waals surface area contributed by atoms with E-state index in [-0.39, 0.29) is 49.1 Å². The van der Waals surface area contributed by atoms with Gasteiger partial charge in [0.1, 0.15) is 29.5 Å². The van der Waals surface area contributed by atoms with Crippen LogP contribution in [0.4, 0.5) is 27.8 Å². The molecule has 8 nitrogen and oxygen atoms in total. The van der Waals surface area contributed by atoms with Gasteiger partial charge >= 0.3 is 6.18 Å². The molecule has 1 aromatic carbocycles. The molecule has 0 bridgehead atoms. The molecule has 2 aliphatic rings. The van der Waals surface area contributed by atoms with Crippen molar-refractivity contribution < 1.29 is 41.4 Å². The maximum absolute atomic E-state index is 13.3. The van der Waals surface area contributed by atoms with Crippen LogP contribution in [-0.2, 0) is 27.0 Å². The molecule has 2 aromatic rings. The molecular weight excluding hydrogens is 479 g/mol. The minimum atomic E-state index is -4.54. The summed E-state index contributed by atoms with van der Waals surface area (Å²) < 4.78 is 71.1. The number of anilines is 1. The number of hydrogen-bond acceptors (Lipinski definition) is 6. The van der Waals surface area contributed by atoms with Crippen LogP contribution in [-0.4, -0.2) is 53.3 Å². The van der Waals surface area contributed by atoms with E-state index >= 15 is 0 Å². The highest BCUT2D eigenvalue weighted by Gasteiger charge is 2.42. The lowest BCUT2D eigenvalue weighted by molar-refractivity contribution is -0.141. The van der Waals surface area contributed by atoms with Crippen LogP contribution in [0.5, 0.6) is 0 Å². The number of aromatic nitrogens is 2. The maximum atomic E-state index is 13.3. The van der Waals surface area contributed by atoms with Gasteiger partial charge in [-0.05, 0) is 30.0 Å². The van der Waals surface area contributed by atoms with E-state index < -0.39 is 23.5 Å². The summed E-state index contributed by atoms with van der Waals surface area (Å²) in [4.78, 5) is 29.7. The van der Waals surface area contributed by atoms with Crippen molar-refractivity contribution in [2.75, 3.05) is 24.6 Å². The zero-order chi connectivity index (χ0) is 25.6. The highest BCUT2D eigenvalue weighted by atomic mass is 19.4. The van der Waals surface area contributed by atoms with E-state index in [4.69, 9.17) is 14.6 Å². The molecule has 0 aliphatic carbocycles. The van der Waals surface area contributed by atoms with E-state index in [2.05, 4.69) is 15.3 Å². The zero-order valence-electron chi connectivity index (χ0n) is 18.3. The van der Waals surface area contributed by atoms with Gasteiger partial charge in [-0.3, -0.25) is 9.59 Å². The first kappa shape index (κ1) is 26.3. The second kappa shape index (κ2) is 11.4. The lowest BCUT2D eigenvalue weighted by atomic mass is 9.83. The quantitative estimate of drug-likeness (QED) is 0.479. The highest BCUT2D eigenvalue weighted by molar-refractivity contribution is 5.76. The Balaban J connectivity index is 0.00000108. The molecule has 190 valence electrons. The minimum Gasteiger partial charge on any atom is -0.483 e. The number of fused-ring (bicyclic) bond motifs is 1. The van der Waals surface area contributed by atoms with Crippen LogP contribution >= 0.6 is 0 Å². The molecule has 2 N–H and O–H groups in total. The van der Waals surface area contributed by atoms with Crippen molar-refractivity contribution in [1.82, 2.24) is 15.3 Å². The van der Waals surface area contributed by atoms with E-state index in [0.29, 0.717) is 31.7 Å². The van der Waals surface area contributed by atoms with Crippen LogP contribution < -0.4 is 10.2 Å². The number of carbonyl (C=O) groups excluding carboxylic acids is 1. The number of carboxylic acid groups (broad SMARTS) is 1. The van der Waals surface area contributed by atoms with Gasteiger partial charge in [-0.15, -0.1) is 0 Å². The van der Waals surface area contributed by atoms with Gasteiger partial charge in [0.15, 0.2) is 0 Å². The monoisotopic (exact) mass is 502 g/mol. The van der Waals surface area contributed by atoms with E-state index in [1.807, 2.05) is 0 Å². The first-order valence-corrected chi connectivity index (χ1v) is 10.7. The number of piperidine rings is 1. The number of carbonyl (C=O) groups is 2. The molecule has 0 unspecified atom stereocenters. The fraction of sp³-hybridized carbons (Fsp3) is 0.455. The lowest BCUT2D eigenvalue weighted by Crippen LogP contribution is -2.42. The molecular formula is C22H23F5N4O4. The molecule has 0 spiro atoms. The van der Waals surface area contributed by atoms with Crippen molar-refractivity contribution in [2.45, 2.75) is 31.7 Å². The number of ether oxygens (including phenoxy) is 1. The number of benzene rings is 1. The third kappa shape index (κ3) is 7.07. The number of amides is 1. The van der Waals surface area contributed by atoms with Gasteiger partial charge in [0.25, 0.3) is 6.47 Å². The molecule has 1 aromatic heterocycles. The molecule has 4 rings (SSSR count). The Morgan fingerprint density at radius 2 is 1.89 bits per heavy atom. The third-order valence-electron chi connectivity index (χ3n) is 5.86. The van der Waals surface area contributed by atoms with Crippen molar-refractivity contribution in [2.24, 2.45) is 11.8 Å². The second-order valence-corrected chi connectivity index (χ2v) is 8.15. The second-order valence-electron chi connectivity index (χ2n) is 8.15. The molecule has 2 aliphatic heterocycles. The predicted molar refractivity (Wildman–Crippen MR) is 112 cm³/mol. The molecule has 0 saturated carbocycles. The van der Waals surface area contributed by atoms with Gasteiger partial charge in [-0.1, -0.05) is 0 Å². The van der Waals surface area contributed by atoms with E-state index in [1.165, 1.54) is 0 Å². The maximum Gasteiger partial charge on any atom is 0.433 e. The van der Waals surface area contributed by atoms with Crippen molar-refractivity contribution in [1.29, 1.82) is 0 Å². The number of nitrogens with one attached hydrogen (secondary N) is 1. The molecule has 3 heterocycles. The molecule has 35 heavy (non-hydrogen) atoms. The lowest BCUT2D eigenvalue weighted by Gasteiger charge is -2.36. The number of nitrogens with zero attached hydrogens (tertiary/aromatic N) is 3. The molecule has 13 heteroatoms. The smallest absolute Gasteiger partial charge is 0.433 e. The standard InChI is InChI=1S/C21H21F5N4O2.CH2O2/c22-14-3-12(4-15(23)5-14)8-27-20(31)6-17-16-1-2-30(9-13(16)10-32-17)19-7-18(21(24,25)26)28-11-29-19;2-1-3/h3-5,7,11,13,16-17H,1-2,6,8-10H2,(H,27,31);1H,(H,2,3)/t13-,16-,17+;/m1./s1. The van der Waals surface area contributed by atoms with Crippen molar-refractivity contribution >= 4 is 18.2 Å². The minimum absolute atomic E-state index is 0.00262. The van der Waals surface area contributed by atoms with Crippen LogP contribution in [0.1, 0.15) is 24.1 Å². The molecule has 1 amide bonds. The van der Waals surface area contributed by atoms with Crippen LogP contribution in [0.3, 0.4) is 0 Å². The van der Waals surface area contributed by atoms with Crippen LogP contribution in [0.15, 0.2) is 30.6 Å². The normalized spacial score (nSPS) is 21.5. The van der Waals surface area contributed by atoms with Crippen molar-refractivity contribution in [3.05, 3.63) is 53.5 Å². The Morgan fingerprint density at radius 1 is 1.20 bits per heavy atom. The Hall–Kier alpha value is -3.35. The fourth-order valence-electron chi connectivity index (χ4n) is 4.35. The summed E-state index contributed by atoms with van der Waals surface area (Å²) in [6, 6.07) is 4.00. The topological polar surface area (TPSA) is 105 Å². The molecule has 3 atom stereocenters. The van der Waals surface area contributed by atoms with Crippen LogP contribution in [0.25, 0.3) is 0 Å². The Labute approximate surface area is 197 Å². The summed E-state index contributed by atoms with van der Waals surface area (Å²) in [5, 5.41) is 9.53. The summed E-state index contributed by atoms with van der Waals surface area (Å²) in [7, 11) is 0.